The van der Waals surface area contributed by atoms with Crippen LogP contribution in [0, 0.1) is 0 Å². The number of alkyl halides is 2. The molecular formula is C15H18F2N2O3. The third kappa shape index (κ3) is 3.80. The molecule has 1 aliphatic rings. The zero-order valence-electron chi connectivity index (χ0n) is 11.9. The van der Waals surface area contributed by atoms with Crippen LogP contribution in [0.15, 0.2) is 30.3 Å². The van der Waals surface area contributed by atoms with Gasteiger partial charge < -0.3 is 20.8 Å². The predicted molar refractivity (Wildman–Crippen MR) is 78.6 cm³/mol. The largest absolute Gasteiger partial charge is 0.394 e. The molecule has 4 N–H and O–H groups in total. The molecule has 0 aliphatic carbocycles. The SMILES string of the molecule is O=C(/C=C1/c2ccccc2NCCC1(F)F)NC[C@@H](O)CO. The fraction of sp³-hybridized carbons (Fsp3) is 0.400. The van der Waals surface area contributed by atoms with E-state index in [0.29, 0.717) is 5.69 Å². The number of hydrogen-bond acceptors (Lipinski definition) is 4. The summed E-state index contributed by atoms with van der Waals surface area (Å²) in [5, 5.41) is 23.1. The Balaban J connectivity index is 2.28. The standard InChI is InChI=1S/C15H18F2N2O3/c16-15(17)5-6-18-13-4-2-1-3-11(13)12(15)7-14(22)19-8-10(21)9-20/h1-4,7,10,18,20-21H,5-6,8-9H2,(H,19,22)/b12-7-/t10-/m1/s1. The molecular weight excluding hydrogens is 294 g/mol. The van der Waals surface area contributed by atoms with Gasteiger partial charge in [0.05, 0.1) is 12.7 Å². The van der Waals surface area contributed by atoms with Crippen LogP contribution in [0.4, 0.5) is 14.5 Å². The van der Waals surface area contributed by atoms with Gasteiger partial charge in [0.1, 0.15) is 0 Å². The van der Waals surface area contributed by atoms with E-state index in [2.05, 4.69) is 10.6 Å². The van der Waals surface area contributed by atoms with Crippen LogP contribution in [0.5, 0.6) is 0 Å². The average molecular weight is 312 g/mol. The van der Waals surface area contributed by atoms with Gasteiger partial charge in [-0.15, -0.1) is 0 Å². The van der Waals surface area contributed by atoms with E-state index in [1.165, 1.54) is 6.07 Å². The first kappa shape index (κ1) is 16.4. The number of hydrogen-bond donors (Lipinski definition) is 4. The molecule has 0 bridgehead atoms. The third-order valence-electron chi connectivity index (χ3n) is 3.36. The normalized spacial score (nSPS) is 19.7. The number of amides is 1. The summed E-state index contributed by atoms with van der Waals surface area (Å²) < 4.78 is 28.5. The van der Waals surface area contributed by atoms with Crippen molar-refractivity contribution >= 4 is 17.2 Å². The summed E-state index contributed by atoms with van der Waals surface area (Å²) in [7, 11) is 0. The van der Waals surface area contributed by atoms with Gasteiger partial charge in [-0.05, 0) is 6.07 Å². The Hall–Kier alpha value is -1.99. The minimum atomic E-state index is -3.13. The predicted octanol–water partition coefficient (Wildman–Crippen LogP) is 0.990. The Morgan fingerprint density at radius 3 is 2.91 bits per heavy atom. The third-order valence-corrected chi connectivity index (χ3v) is 3.36. The van der Waals surface area contributed by atoms with Crippen molar-refractivity contribution < 1.29 is 23.8 Å². The first-order chi connectivity index (χ1) is 10.4. The van der Waals surface area contributed by atoms with Crippen LogP contribution in [-0.4, -0.2) is 47.8 Å². The number of halogens is 2. The van der Waals surface area contributed by atoms with Crippen molar-refractivity contribution in [1.29, 1.82) is 0 Å². The van der Waals surface area contributed by atoms with Crippen LogP contribution in [0.3, 0.4) is 0 Å². The summed E-state index contributed by atoms with van der Waals surface area (Å²) in [6.45, 7) is -0.615. The molecule has 0 spiro atoms. The molecule has 1 amide bonds. The fourth-order valence-corrected chi connectivity index (χ4v) is 2.21. The van der Waals surface area contributed by atoms with Crippen molar-refractivity contribution in [3.8, 4) is 0 Å². The molecule has 0 saturated heterocycles. The molecule has 1 aliphatic heterocycles. The lowest BCUT2D eigenvalue weighted by atomic mass is 9.97. The second-order valence-corrected chi connectivity index (χ2v) is 5.07. The molecule has 1 atom stereocenters. The maximum absolute atomic E-state index is 14.3. The van der Waals surface area contributed by atoms with E-state index in [-0.39, 0.29) is 24.2 Å². The second kappa shape index (κ2) is 6.85. The smallest absolute Gasteiger partial charge is 0.275 e. The Bertz CT molecular complexity index is 576. The molecule has 7 heteroatoms. The van der Waals surface area contributed by atoms with Gasteiger partial charge in [-0.25, -0.2) is 8.78 Å². The van der Waals surface area contributed by atoms with Crippen LogP contribution in [0.25, 0.3) is 5.57 Å². The Morgan fingerprint density at radius 2 is 2.18 bits per heavy atom. The molecule has 1 aromatic rings. The highest BCUT2D eigenvalue weighted by Crippen LogP contribution is 2.40. The highest BCUT2D eigenvalue weighted by atomic mass is 19.3. The maximum Gasteiger partial charge on any atom is 0.275 e. The molecule has 120 valence electrons. The van der Waals surface area contributed by atoms with Gasteiger partial charge in [0.25, 0.3) is 5.92 Å². The highest BCUT2D eigenvalue weighted by molar-refractivity contribution is 5.98. The van der Waals surface area contributed by atoms with Crippen molar-refractivity contribution in [2.45, 2.75) is 18.4 Å². The lowest BCUT2D eigenvalue weighted by Gasteiger charge is -2.18. The molecule has 22 heavy (non-hydrogen) atoms. The number of rotatable bonds is 4. The lowest BCUT2D eigenvalue weighted by Crippen LogP contribution is -2.33. The molecule has 0 fully saturated rings. The van der Waals surface area contributed by atoms with E-state index in [1.54, 1.807) is 18.2 Å². The van der Waals surface area contributed by atoms with E-state index < -0.39 is 31.0 Å². The maximum atomic E-state index is 14.3. The molecule has 0 unspecified atom stereocenters. The monoisotopic (exact) mass is 312 g/mol. The Morgan fingerprint density at radius 1 is 1.45 bits per heavy atom. The molecule has 1 aromatic carbocycles. The zero-order chi connectivity index (χ0) is 16.2. The summed E-state index contributed by atoms with van der Waals surface area (Å²) in [5.74, 6) is -3.87. The summed E-state index contributed by atoms with van der Waals surface area (Å²) in [6, 6.07) is 6.56. The summed E-state index contributed by atoms with van der Waals surface area (Å²) in [5.41, 5.74) is 0.473. The number of fused-ring (bicyclic) bond motifs is 1. The van der Waals surface area contributed by atoms with E-state index >= 15 is 0 Å². The molecule has 1 heterocycles. The number of allylic oxidation sites excluding steroid dienone is 1. The van der Waals surface area contributed by atoms with Gasteiger partial charge in [-0.1, -0.05) is 18.2 Å². The van der Waals surface area contributed by atoms with Crippen molar-refractivity contribution in [2.75, 3.05) is 25.0 Å². The summed E-state index contributed by atoms with van der Waals surface area (Å²) in [4.78, 5) is 11.8. The Labute approximate surface area is 126 Å². The number of carbonyl (C=O) groups excluding carboxylic acids is 1. The fourth-order valence-electron chi connectivity index (χ4n) is 2.21. The number of anilines is 1. The lowest BCUT2D eigenvalue weighted by molar-refractivity contribution is -0.117. The van der Waals surface area contributed by atoms with Crippen molar-refractivity contribution in [3.05, 3.63) is 35.9 Å². The Kier molecular flexibility index (Phi) is 5.10. The van der Waals surface area contributed by atoms with Crippen molar-refractivity contribution in [2.24, 2.45) is 0 Å². The van der Waals surface area contributed by atoms with Crippen LogP contribution in [0.2, 0.25) is 0 Å². The average Bonchev–Trinajstić information content (AvgIpc) is 2.62. The first-order valence-corrected chi connectivity index (χ1v) is 6.94. The van der Waals surface area contributed by atoms with Gasteiger partial charge in [0, 0.05) is 42.4 Å². The van der Waals surface area contributed by atoms with Crippen molar-refractivity contribution in [1.82, 2.24) is 5.32 Å². The molecule has 0 radical (unpaired) electrons. The topological polar surface area (TPSA) is 81.6 Å². The molecule has 0 saturated carbocycles. The van der Waals surface area contributed by atoms with Gasteiger partial charge in [0.15, 0.2) is 0 Å². The van der Waals surface area contributed by atoms with Gasteiger partial charge >= 0.3 is 0 Å². The van der Waals surface area contributed by atoms with Crippen molar-refractivity contribution in [3.63, 3.8) is 0 Å². The number of aliphatic hydroxyl groups excluding tert-OH is 2. The zero-order valence-corrected chi connectivity index (χ0v) is 11.9. The number of nitrogens with one attached hydrogen (secondary N) is 2. The number of carbonyl (C=O) groups is 1. The van der Waals surface area contributed by atoms with Gasteiger partial charge in [-0.3, -0.25) is 4.79 Å². The number of aliphatic hydroxyl groups is 2. The number of para-hydroxylation sites is 1. The van der Waals surface area contributed by atoms with Crippen LogP contribution >= 0.6 is 0 Å². The van der Waals surface area contributed by atoms with E-state index in [0.717, 1.165) is 6.08 Å². The molecule has 5 nitrogen and oxygen atoms in total. The van der Waals surface area contributed by atoms with E-state index in [9.17, 15) is 18.7 Å². The molecule has 0 aromatic heterocycles. The quantitative estimate of drug-likeness (QED) is 0.625. The molecule has 2 rings (SSSR count). The van der Waals surface area contributed by atoms with E-state index in [1.807, 2.05) is 0 Å². The number of benzene rings is 1. The second-order valence-electron chi connectivity index (χ2n) is 5.07. The van der Waals surface area contributed by atoms with Crippen LogP contribution in [-0.2, 0) is 4.79 Å². The highest BCUT2D eigenvalue weighted by Gasteiger charge is 2.38. The van der Waals surface area contributed by atoms with Gasteiger partial charge in [0.2, 0.25) is 5.91 Å². The summed E-state index contributed by atoms with van der Waals surface area (Å²) in [6.07, 6.45) is -0.679. The first-order valence-electron chi connectivity index (χ1n) is 6.94. The van der Waals surface area contributed by atoms with Gasteiger partial charge in [-0.2, -0.15) is 0 Å². The summed E-state index contributed by atoms with van der Waals surface area (Å²) >= 11 is 0. The van der Waals surface area contributed by atoms with Crippen LogP contribution < -0.4 is 10.6 Å². The van der Waals surface area contributed by atoms with E-state index in [4.69, 9.17) is 5.11 Å². The van der Waals surface area contributed by atoms with Crippen LogP contribution in [0.1, 0.15) is 12.0 Å². The minimum absolute atomic E-state index is 0.103. The minimum Gasteiger partial charge on any atom is -0.394 e.